The van der Waals surface area contributed by atoms with E-state index in [4.69, 9.17) is 0 Å². The summed E-state index contributed by atoms with van der Waals surface area (Å²) in [5.74, 6) is 1.02. The second kappa shape index (κ2) is 4.30. The number of aromatic nitrogens is 1. The number of hydrogen-bond donors (Lipinski definition) is 1. The average Bonchev–Trinajstić information content (AvgIpc) is 2.83. The van der Waals surface area contributed by atoms with Crippen LogP contribution in [0.25, 0.3) is 11.1 Å². The minimum atomic E-state index is -0.243. The summed E-state index contributed by atoms with van der Waals surface area (Å²) in [6, 6.07) is 8.11. The Labute approximate surface area is 116 Å². The van der Waals surface area contributed by atoms with Crippen molar-refractivity contribution >= 4 is 0 Å². The molecule has 0 saturated heterocycles. The third kappa shape index (κ3) is 1.80. The summed E-state index contributed by atoms with van der Waals surface area (Å²) in [7, 11) is 0. The molecule has 20 heavy (non-hydrogen) atoms. The zero-order chi connectivity index (χ0) is 13.7. The summed E-state index contributed by atoms with van der Waals surface area (Å²) in [4.78, 5) is 15.0. The lowest BCUT2D eigenvalue weighted by atomic mass is 9.82. The van der Waals surface area contributed by atoms with Crippen molar-refractivity contribution in [1.29, 1.82) is 0 Å². The third-order valence-electron chi connectivity index (χ3n) is 4.78. The van der Waals surface area contributed by atoms with E-state index >= 15 is 0 Å². The lowest BCUT2D eigenvalue weighted by Crippen LogP contribution is -2.19. The fourth-order valence-electron chi connectivity index (χ4n) is 3.87. The van der Waals surface area contributed by atoms with Crippen molar-refractivity contribution in [2.75, 3.05) is 0 Å². The molecule has 0 spiro atoms. The standard InChI is InChI=1S/C17H16FNO/c18-13-5-3-11(4-6-13)14-9-16(20)19-17-12-2-1-10(7-12)8-15(14)17/h3-6,9-10,12H,1-2,7-8H2,(H,19,20). The molecule has 2 bridgehead atoms. The first-order valence-corrected chi connectivity index (χ1v) is 7.23. The number of pyridine rings is 1. The van der Waals surface area contributed by atoms with Crippen LogP contribution in [0.5, 0.6) is 0 Å². The molecule has 1 heterocycles. The van der Waals surface area contributed by atoms with Gasteiger partial charge >= 0.3 is 0 Å². The highest BCUT2D eigenvalue weighted by molar-refractivity contribution is 5.68. The molecule has 1 aromatic carbocycles. The summed E-state index contributed by atoms with van der Waals surface area (Å²) < 4.78 is 13.1. The van der Waals surface area contributed by atoms with Crippen LogP contribution in [0.4, 0.5) is 4.39 Å². The smallest absolute Gasteiger partial charge is 0.248 e. The van der Waals surface area contributed by atoms with Crippen molar-refractivity contribution in [1.82, 2.24) is 4.98 Å². The van der Waals surface area contributed by atoms with Crippen LogP contribution in [0.2, 0.25) is 0 Å². The van der Waals surface area contributed by atoms with Crippen molar-refractivity contribution < 1.29 is 4.39 Å². The molecular weight excluding hydrogens is 253 g/mol. The molecule has 2 nitrogen and oxygen atoms in total. The summed E-state index contributed by atoms with van der Waals surface area (Å²) in [5, 5.41) is 0. The maximum Gasteiger partial charge on any atom is 0.248 e. The van der Waals surface area contributed by atoms with Gasteiger partial charge in [0.15, 0.2) is 0 Å². The number of hydrogen-bond acceptors (Lipinski definition) is 1. The molecule has 0 amide bonds. The van der Waals surface area contributed by atoms with E-state index in [9.17, 15) is 9.18 Å². The normalized spacial score (nSPS) is 23.6. The van der Waals surface area contributed by atoms with Crippen molar-refractivity contribution in [3.8, 4) is 11.1 Å². The first kappa shape index (κ1) is 11.9. The summed E-state index contributed by atoms with van der Waals surface area (Å²) >= 11 is 0. The predicted octanol–water partition coefficient (Wildman–Crippen LogP) is 3.62. The van der Waals surface area contributed by atoms with Gasteiger partial charge in [0.05, 0.1) is 0 Å². The van der Waals surface area contributed by atoms with E-state index in [2.05, 4.69) is 4.98 Å². The van der Waals surface area contributed by atoms with E-state index in [1.165, 1.54) is 37.0 Å². The molecular formula is C17H16FNO. The van der Waals surface area contributed by atoms with Gasteiger partial charge in [-0.2, -0.15) is 0 Å². The first-order valence-electron chi connectivity index (χ1n) is 7.23. The number of halogens is 1. The largest absolute Gasteiger partial charge is 0.326 e. The van der Waals surface area contributed by atoms with Crippen LogP contribution in [0.1, 0.15) is 36.4 Å². The lowest BCUT2D eigenvalue weighted by Gasteiger charge is -2.24. The Kier molecular flexibility index (Phi) is 2.56. The zero-order valence-electron chi connectivity index (χ0n) is 11.2. The summed E-state index contributed by atoms with van der Waals surface area (Å²) in [6.45, 7) is 0. The molecule has 1 aromatic heterocycles. The number of H-pyrrole nitrogens is 1. The molecule has 2 aliphatic rings. The monoisotopic (exact) mass is 269 g/mol. The third-order valence-corrected chi connectivity index (χ3v) is 4.78. The van der Waals surface area contributed by atoms with Gasteiger partial charge in [0.1, 0.15) is 5.82 Å². The van der Waals surface area contributed by atoms with E-state index in [0.29, 0.717) is 5.92 Å². The highest BCUT2D eigenvalue weighted by atomic mass is 19.1. The molecule has 0 radical (unpaired) electrons. The van der Waals surface area contributed by atoms with Gasteiger partial charge < -0.3 is 4.98 Å². The summed E-state index contributed by atoms with van der Waals surface area (Å²) in [6.07, 6.45) is 4.68. The van der Waals surface area contributed by atoms with Gasteiger partial charge in [-0.15, -0.1) is 0 Å². The van der Waals surface area contributed by atoms with Gasteiger partial charge in [-0.1, -0.05) is 12.1 Å². The maximum atomic E-state index is 13.1. The van der Waals surface area contributed by atoms with Crippen LogP contribution in [0, 0.1) is 11.7 Å². The molecule has 2 aromatic rings. The molecule has 2 aliphatic carbocycles. The quantitative estimate of drug-likeness (QED) is 0.842. The second-order valence-corrected chi connectivity index (χ2v) is 6.03. The SMILES string of the molecule is O=c1cc(-c2ccc(F)cc2)c2c([nH]1)C1CCC(C2)C1. The Morgan fingerprint density at radius 2 is 1.95 bits per heavy atom. The van der Waals surface area contributed by atoms with E-state index < -0.39 is 0 Å². The van der Waals surface area contributed by atoms with Gasteiger partial charge in [-0.3, -0.25) is 4.79 Å². The number of fused-ring (bicyclic) bond motifs is 4. The van der Waals surface area contributed by atoms with Gasteiger partial charge in [0.2, 0.25) is 5.56 Å². The maximum absolute atomic E-state index is 13.1. The Bertz CT molecular complexity index is 717. The zero-order valence-corrected chi connectivity index (χ0v) is 11.2. The minimum absolute atomic E-state index is 0.0478. The molecule has 0 aliphatic heterocycles. The fraction of sp³-hybridized carbons (Fsp3) is 0.353. The van der Waals surface area contributed by atoms with Gasteiger partial charge in [-0.05, 0) is 66.3 Å². The molecule has 2 unspecified atom stereocenters. The van der Waals surface area contributed by atoms with E-state index in [0.717, 1.165) is 29.2 Å². The van der Waals surface area contributed by atoms with Crippen LogP contribution >= 0.6 is 0 Å². The van der Waals surface area contributed by atoms with E-state index in [1.54, 1.807) is 18.2 Å². The van der Waals surface area contributed by atoms with Gasteiger partial charge in [0, 0.05) is 11.8 Å². The second-order valence-electron chi connectivity index (χ2n) is 6.03. The van der Waals surface area contributed by atoms with Gasteiger partial charge in [-0.25, -0.2) is 4.39 Å². The Morgan fingerprint density at radius 3 is 2.75 bits per heavy atom. The van der Waals surface area contributed by atoms with Crippen molar-refractivity contribution in [2.45, 2.75) is 31.6 Å². The fourth-order valence-corrected chi connectivity index (χ4v) is 3.87. The molecule has 1 saturated carbocycles. The van der Waals surface area contributed by atoms with Crippen LogP contribution in [0.15, 0.2) is 35.1 Å². The highest BCUT2D eigenvalue weighted by Crippen LogP contribution is 2.46. The lowest BCUT2D eigenvalue weighted by molar-refractivity contribution is 0.503. The molecule has 4 rings (SSSR count). The number of benzene rings is 1. The highest BCUT2D eigenvalue weighted by Gasteiger charge is 2.34. The Morgan fingerprint density at radius 1 is 1.15 bits per heavy atom. The molecule has 3 heteroatoms. The van der Waals surface area contributed by atoms with Gasteiger partial charge in [0.25, 0.3) is 0 Å². The Balaban J connectivity index is 1.92. The molecule has 102 valence electrons. The number of nitrogens with one attached hydrogen (secondary N) is 1. The predicted molar refractivity (Wildman–Crippen MR) is 76.2 cm³/mol. The molecule has 1 fully saturated rings. The Hall–Kier alpha value is -1.90. The summed E-state index contributed by atoms with van der Waals surface area (Å²) in [5.41, 5.74) is 4.28. The first-order chi connectivity index (χ1) is 9.70. The molecule has 1 N–H and O–H groups in total. The number of aromatic amines is 1. The minimum Gasteiger partial charge on any atom is -0.326 e. The average molecular weight is 269 g/mol. The van der Waals surface area contributed by atoms with Crippen LogP contribution in [0.3, 0.4) is 0 Å². The van der Waals surface area contributed by atoms with Crippen molar-refractivity contribution in [3.05, 3.63) is 57.8 Å². The van der Waals surface area contributed by atoms with Crippen LogP contribution < -0.4 is 5.56 Å². The van der Waals surface area contributed by atoms with E-state index in [-0.39, 0.29) is 11.4 Å². The van der Waals surface area contributed by atoms with Crippen LogP contribution in [-0.2, 0) is 6.42 Å². The number of rotatable bonds is 1. The molecule has 2 atom stereocenters. The topological polar surface area (TPSA) is 32.9 Å². The van der Waals surface area contributed by atoms with E-state index in [1.807, 2.05) is 0 Å². The van der Waals surface area contributed by atoms with Crippen molar-refractivity contribution in [2.24, 2.45) is 5.92 Å². The van der Waals surface area contributed by atoms with Crippen molar-refractivity contribution in [3.63, 3.8) is 0 Å². The van der Waals surface area contributed by atoms with Crippen LogP contribution in [-0.4, -0.2) is 4.98 Å².